The van der Waals surface area contributed by atoms with Crippen LogP contribution in [0.5, 0.6) is 0 Å². The van der Waals surface area contributed by atoms with Gasteiger partial charge in [0, 0.05) is 12.0 Å². The van der Waals surface area contributed by atoms with Crippen LogP contribution < -0.4 is 10.7 Å². The third-order valence-corrected chi connectivity index (χ3v) is 3.99. The van der Waals surface area contributed by atoms with Gasteiger partial charge in [-0.25, -0.2) is 9.47 Å². The molecule has 1 aromatic heterocycles. The molecule has 0 fully saturated rings. The van der Waals surface area contributed by atoms with Crippen molar-refractivity contribution in [1.29, 1.82) is 0 Å². The molecule has 3 aromatic rings. The van der Waals surface area contributed by atoms with Gasteiger partial charge in [-0.2, -0.15) is 0 Å². The lowest BCUT2D eigenvalue weighted by Crippen LogP contribution is -2.42. The third kappa shape index (κ3) is 5.15. The molecule has 0 aliphatic rings. The Hall–Kier alpha value is -3.68. The van der Waals surface area contributed by atoms with Gasteiger partial charge in [-0.1, -0.05) is 42.5 Å². The Morgan fingerprint density at radius 1 is 0.963 bits per heavy atom. The van der Waals surface area contributed by atoms with Crippen LogP contribution in [0.2, 0.25) is 0 Å². The number of carboxylic acids is 1. The highest BCUT2D eigenvalue weighted by atomic mass is 16.4. The molecule has 0 radical (unpaired) electrons. The molecule has 8 nitrogen and oxygen atoms in total. The van der Waals surface area contributed by atoms with Crippen LogP contribution in [0.4, 0.5) is 0 Å². The SMILES string of the molecule is O=C(N[C@@H](Cc1ccccc1)C(=O)O)c1ccc(CNn2cnnc2)cc1. The first-order chi connectivity index (χ1) is 13.1. The number of aliphatic carboxylic acids is 1. The van der Waals surface area contributed by atoms with E-state index in [4.69, 9.17) is 0 Å². The first-order valence-electron chi connectivity index (χ1n) is 8.37. The van der Waals surface area contributed by atoms with Crippen LogP contribution in [-0.4, -0.2) is 37.9 Å². The highest BCUT2D eigenvalue weighted by Gasteiger charge is 2.21. The summed E-state index contributed by atoms with van der Waals surface area (Å²) in [5.41, 5.74) is 5.29. The predicted molar refractivity (Wildman–Crippen MR) is 98.6 cm³/mol. The number of hydrogen-bond donors (Lipinski definition) is 3. The van der Waals surface area contributed by atoms with Crippen molar-refractivity contribution in [3.63, 3.8) is 0 Å². The van der Waals surface area contributed by atoms with Gasteiger partial charge in [0.1, 0.15) is 18.7 Å². The van der Waals surface area contributed by atoms with E-state index in [9.17, 15) is 14.7 Å². The Labute approximate surface area is 155 Å². The van der Waals surface area contributed by atoms with Crippen molar-refractivity contribution in [1.82, 2.24) is 20.2 Å². The van der Waals surface area contributed by atoms with Crippen molar-refractivity contribution in [2.75, 3.05) is 5.43 Å². The van der Waals surface area contributed by atoms with Gasteiger partial charge < -0.3 is 15.8 Å². The average Bonchev–Trinajstić information content (AvgIpc) is 3.20. The summed E-state index contributed by atoms with van der Waals surface area (Å²) in [6.07, 6.45) is 3.31. The van der Waals surface area contributed by atoms with Gasteiger partial charge in [0.2, 0.25) is 0 Å². The van der Waals surface area contributed by atoms with Crippen LogP contribution in [0, 0.1) is 0 Å². The molecule has 27 heavy (non-hydrogen) atoms. The molecule has 3 rings (SSSR count). The molecule has 0 saturated carbocycles. The van der Waals surface area contributed by atoms with Gasteiger partial charge in [0.05, 0.1) is 6.54 Å². The fourth-order valence-corrected chi connectivity index (χ4v) is 2.53. The maximum atomic E-state index is 12.4. The van der Waals surface area contributed by atoms with Crippen LogP contribution in [0.15, 0.2) is 67.3 Å². The molecule has 0 aliphatic carbocycles. The Morgan fingerprint density at radius 2 is 1.63 bits per heavy atom. The lowest BCUT2D eigenvalue weighted by Gasteiger charge is -2.15. The summed E-state index contributed by atoms with van der Waals surface area (Å²) in [6, 6.07) is 15.1. The molecule has 1 heterocycles. The summed E-state index contributed by atoms with van der Waals surface area (Å²) in [4.78, 5) is 23.9. The fraction of sp³-hybridized carbons (Fsp3) is 0.158. The number of nitrogens with zero attached hydrogens (tertiary/aromatic N) is 3. The number of aromatic nitrogens is 3. The molecule has 0 saturated heterocycles. The Bertz CT molecular complexity index is 879. The molecule has 0 bridgehead atoms. The number of carbonyl (C=O) groups excluding carboxylic acids is 1. The second-order valence-corrected chi connectivity index (χ2v) is 5.95. The molecular weight excluding hydrogens is 346 g/mol. The lowest BCUT2D eigenvalue weighted by molar-refractivity contribution is -0.139. The largest absolute Gasteiger partial charge is 0.480 e. The fourth-order valence-electron chi connectivity index (χ4n) is 2.53. The normalized spacial score (nSPS) is 11.6. The van der Waals surface area contributed by atoms with Gasteiger partial charge in [0.25, 0.3) is 5.91 Å². The number of carboxylic acid groups (broad SMARTS) is 1. The molecule has 3 N–H and O–H groups in total. The number of benzene rings is 2. The van der Waals surface area contributed by atoms with E-state index < -0.39 is 17.9 Å². The van der Waals surface area contributed by atoms with E-state index in [0.29, 0.717) is 12.1 Å². The van der Waals surface area contributed by atoms with Crippen LogP contribution in [0.25, 0.3) is 0 Å². The summed E-state index contributed by atoms with van der Waals surface area (Å²) in [5, 5.41) is 19.4. The number of hydrogen-bond acceptors (Lipinski definition) is 5. The van der Waals surface area contributed by atoms with Crippen molar-refractivity contribution < 1.29 is 14.7 Å². The first-order valence-corrected chi connectivity index (χ1v) is 8.37. The lowest BCUT2D eigenvalue weighted by atomic mass is 10.1. The minimum absolute atomic E-state index is 0.225. The summed E-state index contributed by atoms with van der Waals surface area (Å²) in [5.74, 6) is -1.49. The van der Waals surface area contributed by atoms with Gasteiger partial charge in [-0.15, -0.1) is 10.2 Å². The summed E-state index contributed by atoms with van der Waals surface area (Å²) < 4.78 is 1.63. The molecule has 1 atom stereocenters. The van der Waals surface area contributed by atoms with E-state index in [1.165, 1.54) is 0 Å². The van der Waals surface area contributed by atoms with E-state index in [2.05, 4.69) is 20.9 Å². The monoisotopic (exact) mass is 365 g/mol. The van der Waals surface area contributed by atoms with E-state index in [1.54, 1.807) is 41.6 Å². The average molecular weight is 365 g/mol. The maximum absolute atomic E-state index is 12.4. The van der Waals surface area contributed by atoms with Crippen molar-refractivity contribution in [3.8, 4) is 0 Å². The van der Waals surface area contributed by atoms with Crippen molar-refractivity contribution in [2.45, 2.75) is 19.0 Å². The number of carbonyl (C=O) groups is 2. The van der Waals surface area contributed by atoms with Gasteiger partial charge in [-0.05, 0) is 23.3 Å². The molecule has 8 heteroatoms. The zero-order valence-corrected chi connectivity index (χ0v) is 14.4. The number of rotatable bonds is 8. The standard InChI is InChI=1S/C19H19N5O3/c25-18(23-17(19(26)27)10-14-4-2-1-3-5-14)16-8-6-15(7-9-16)11-22-24-12-20-21-13-24/h1-9,12-13,17,22H,10-11H2,(H,23,25)(H,26,27)/t17-/m0/s1. The van der Waals surface area contributed by atoms with Crippen LogP contribution in [0.1, 0.15) is 21.5 Å². The minimum atomic E-state index is -1.07. The van der Waals surface area contributed by atoms with Gasteiger partial charge >= 0.3 is 5.97 Å². The summed E-state index contributed by atoms with van der Waals surface area (Å²) >= 11 is 0. The van der Waals surface area contributed by atoms with Gasteiger partial charge in [-0.3, -0.25) is 4.79 Å². The molecular formula is C19H19N5O3. The third-order valence-electron chi connectivity index (χ3n) is 3.99. The Balaban J connectivity index is 1.59. The topological polar surface area (TPSA) is 109 Å². The molecule has 0 spiro atoms. The zero-order valence-electron chi connectivity index (χ0n) is 14.4. The van der Waals surface area contributed by atoms with Crippen LogP contribution in [-0.2, 0) is 17.8 Å². The zero-order chi connectivity index (χ0) is 19.1. The number of amides is 1. The minimum Gasteiger partial charge on any atom is -0.480 e. The number of nitrogens with one attached hydrogen (secondary N) is 2. The molecule has 0 aliphatic heterocycles. The van der Waals surface area contributed by atoms with Crippen LogP contribution >= 0.6 is 0 Å². The Kier molecular flexibility index (Phi) is 5.78. The highest BCUT2D eigenvalue weighted by Crippen LogP contribution is 2.08. The van der Waals surface area contributed by atoms with Crippen molar-refractivity contribution in [3.05, 3.63) is 83.9 Å². The van der Waals surface area contributed by atoms with Crippen LogP contribution in [0.3, 0.4) is 0 Å². The molecule has 2 aromatic carbocycles. The smallest absolute Gasteiger partial charge is 0.326 e. The quantitative estimate of drug-likeness (QED) is 0.557. The maximum Gasteiger partial charge on any atom is 0.326 e. The Morgan fingerprint density at radius 3 is 2.26 bits per heavy atom. The van der Waals surface area contributed by atoms with Crippen molar-refractivity contribution in [2.24, 2.45) is 0 Å². The summed E-state index contributed by atoms with van der Waals surface area (Å²) in [6.45, 7) is 0.533. The highest BCUT2D eigenvalue weighted by molar-refractivity contribution is 5.96. The van der Waals surface area contributed by atoms with E-state index >= 15 is 0 Å². The van der Waals surface area contributed by atoms with E-state index in [-0.39, 0.29) is 6.42 Å². The molecule has 1 amide bonds. The second-order valence-electron chi connectivity index (χ2n) is 5.95. The van der Waals surface area contributed by atoms with E-state index in [0.717, 1.165) is 11.1 Å². The van der Waals surface area contributed by atoms with E-state index in [1.807, 2.05) is 30.3 Å². The van der Waals surface area contributed by atoms with Gasteiger partial charge in [0.15, 0.2) is 0 Å². The first kappa shape index (κ1) is 18.1. The molecule has 138 valence electrons. The summed E-state index contributed by atoms with van der Waals surface area (Å²) in [7, 11) is 0. The predicted octanol–water partition coefficient (Wildman–Crippen LogP) is 1.45. The van der Waals surface area contributed by atoms with Crippen molar-refractivity contribution >= 4 is 11.9 Å². The molecule has 0 unspecified atom stereocenters. The second kappa shape index (κ2) is 8.61.